The molecule has 12 rings (SSSR count). The van der Waals surface area contributed by atoms with E-state index in [1.807, 2.05) is 48.5 Å². The van der Waals surface area contributed by atoms with E-state index in [9.17, 15) is 39.6 Å². The van der Waals surface area contributed by atoms with Gasteiger partial charge in [0.25, 0.3) is 0 Å². The topological polar surface area (TPSA) is 149 Å². The van der Waals surface area contributed by atoms with Gasteiger partial charge in [0.1, 0.15) is 0 Å². The van der Waals surface area contributed by atoms with E-state index in [0.29, 0.717) is 0 Å². The Balaban J connectivity index is 0.997. The van der Waals surface area contributed by atoms with E-state index >= 15 is 0 Å². The van der Waals surface area contributed by atoms with E-state index in [1.165, 1.54) is 22.3 Å². The van der Waals surface area contributed by atoms with E-state index < -0.39 is 23.9 Å². The van der Waals surface area contributed by atoms with Crippen molar-refractivity contribution in [2.45, 2.75) is 53.8 Å². The average Bonchev–Trinajstić information content (AvgIpc) is 3.85. The molecule has 8 aromatic carbocycles. The number of fused-ring (bicyclic) bond motifs is 1. The number of carboxylic acids is 4. The molecule has 2 unspecified atom stereocenters. The van der Waals surface area contributed by atoms with Crippen molar-refractivity contribution >= 4 is 23.9 Å². The van der Waals surface area contributed by atoms with Crippen LogP contribution in [0.3, 0.4) is 0 Å². The normalized spacial score (nSPS) is 24.5. The predicted molar refractivity (Wildman–Crippen MR) is 268 cm³/mol. The molecule has 4 fully saturated rings. The maximum absolute atomic E-state index is 11.7. The molecule has 0 radical (unpaired) electrons. The summed E-state index contributed by atoms with van der Waals surface area (Å²) in [6, 6.07) is 64.1. The van der Waals surface area contributed by atoms with Crippen molar-refractivity contribution in [2.24, 2.45) is 5.41 Å². The summed E-state index contributed by atoms with van der Waals surface area (Å²) in [7, 11) is 0. The molecule has 8 nitrogen and oxygen atoms in total. The van der Waals surface area contributed by atoms with Crippen LogP contribution < -0.4 is 0 Å². The molecule has 8 aromatic rings. The molecule has 0 saturated heterocycles. The Bertz CT molecular complexity index is 3190. The molecule has 0 aliphatic heterocycles. The first-order chi connectivity index (χ1) is 33.8. The Morgan fingerprint density at radius 1 is 0.257 bits per heavy atom. The molecular weight excluding hydrogens is 873 g/mol. The first-order valence-electron chi connectivity index (χ1n) is 23.6. The lowest BCUT2D eigenvalue weighted by Gasteiger charge is -2.85. The number of carbonyl (C=O) groups is 4. The molecule has 0 amide bonds. The molecule has 4 aliphatic rings. The maximum Gasteiger partial charge on any atom is 0.335 e. The van der Waals surface area contributed by atoms with Gasteiger partial charge < -0.3 is 20.4 Å². The highest BCUT2D eigenvalue weighted by Gasteiger charge is 2.95. The van der Waals surface area contributed by atoms with Crippen molar-refractivity contribution in [3.05, 3.63) is 239 Å². The highest BCUT2D eigenvalue weighted by Crippen LogP contribution is 2.97. The van der Waals surface area contributed by atoms with E-state index in [-0.39, 0.29) is 49.3 Å². The molecule has 70 heavy (non-hydrogen) atoms. The second kappa shape index (κ2) is 15.3. The van der Waals surface area contributed by atoms with E-state index in [1.54, 1.807) is 48.5 Å². The smallest absolute Gasteiger partial charge is 0.335 e. The molecule has 4 saturated carbocycles. The van der Waals surface area contributed by atoms with E-state index in [0.717, 1.165) is 76.6 Å². The van der Waals surface area contributed by atoms with Crippen LogP contribution in [0.5, 0.6) is 0 Å². The molecule has 2 atom stereocenters. The SMILES string of the molecule is O=C(O)c1ccc(-c2ccc(C34CC5(c6ccc(-c7ccc(C(=O)O)cc7)cc6)CC6(c7ccc(-c8ccc(C(=O)O)cc8)cc7)CC(c7ccc(-c8ccc(C(=O)O)cc8)cc7)(C3)C56C4)cc2)cc1. The van der Waals surface area contributed by atoms with Crippen LogP contribution >= 0.6 is 0 Å². The summed E-state index contributed by atoms with van der Waals surface area (Å²) in [6.07, 6.45) is 4.83. The zero-order valence-electron chi connectivity index (χ0n) is 37.9. The molecule has 4 N–H and O–H groups in total. The number of hydrogen-bond donors (Lipinski definition) is 4. The number of aromatic carboxylic acids is 4. The van der Waals surface area contributed by atoms with Crippen LogP contribution in [-0.4, -0.2) is 44.3 Å². The van der Waals surface area contributed by atoms with Crippen LogP contribution in [0.1, 0.15) is 95.8 Å². The van der Waals surface area contributed by atoms with Crippen LogP contribution in [0.15, 0.2) is 194 Å². The van der Waals surface area contributed by atoms with Gasteiger partial charge in [-0.2, -0.15) is 0 Å². The summed E-state index contributed by atoms with van der Waals surface area (Å²) < 4.78 is 0. The third kappa shape index (κ3) is 6.02. The van der Waals surface area contributed by atoms with Gasteiger partial charge in [-0.1, -0.05) is 146 Å². The zero-order valence-corrected chi connectivity index (χ0v) is 37.9. The fourth-order valence-electron chi connectivity index (χ4n) is 14.5. The van der Waals surface area contributed by atoms with E-state index in [4.69, 9.17) is 0 Å². The van der Waals surface area contributed by atoms with Crippen molar-refractivity contribution in [2.75, 3.05) is 0 Å². The number of hydrogen-bond acceptors (Lipinski definition) is 4. The minimum Gasteiger partial charge on any atom is -0.478 e. The summed E-state index contributed by atoms with van der Waals surface area (Å²) in [4.78, 5) is 46.6. The van der Waals surface area contributed by atoms with Gasteiger partial charge in [0, 0.05) is 21.7 Å². The summed E-state index contributed by atoms with van der Waals surface area (Å²) in [5, 5.41) is 38.2. The summed E-state index contributed by atoms with van der Waals surface area (Å²) in [5.74, 6) is -3.83. The average molecular weight is 919 g/mol. The van der Waals surface area contributed by atoms with Crippen molar-refractivity contribution in [3.63, 3.8) is 0 Å². The third-order valence-corrected chi connectivity index (χ3v) is 17.2. The fraction of sp³-hybridized carbons (Fsp3) is 0.161. The van der Waals surface area contributed by atoms with Gasteiger partial charge in [0.05, 0.1) is 22.3 Å². The van der Waals surface area contributed by atoms with Gasteiger partial charge in [-0.25, -0.2) is 19.2 Å². The van der Waals surface area contributed by atoms with Crippen molar-refractivity contribution in [1.82, 2.24) is 0 Å². The molecule has 2 bridgehead atoms. The molecule has 1 spiro atoms. The largest absolute Gasteiger partial charge is 0.478 e. The van der Waals surface area contributed by atoms with Crippen LogP contribution in [0.4, 0.5) is 0 Å². The third-order valence-electron chi connectivity index (χ3n) is 17.2. The van der Waals surface area contributed by atoms with Crippen LogP contribution in [0, 0.1) is 5.41 Å². The van der Waals surface area contributed by atoms with Crippen LogP contribution in [-0.2, 0) is 21.7 Å². The lowest BCUT2D eigenvalue weighted by Crippen LogP contribution is -2.84. The van der Waals surface area contributed by atoms with Gasteiger partial charge in [-0.3, -0.25) is 0 Å². The Morgan fingerprint density at radius 2 is 0.457 bits per heavy atom. The summed E-state index contributed by atoms with van der Waals surface area (Å²) >= 11 is 0. The van der Waals surface area contributed by atoms with Gasteiger partial charge >= 0.3 is 23.9 Å². The Morgan fingerprint density at radius 3 is 0.686 bits per heavy atom. The Hall–Kier alpha value is -8.36. The van der Waals surface area contributed by atoms with Gasteiger partial charge in [0.15, 0.2) is 0 Å². The molecular formula is C62H46O8. The summed E-state index contributed by atoms with van der Waals surface area (Å²) in [6.45, 7) is 0. The van der Waals surface area contributed by atoms with Crippen LogP contribution in [0.2, 0.25) is 0 Å². The fourth-order valence-corrected chi connectivity index (χ4v) is 14.5. The maximum atomic E-state index is 11.7. The van der Waals surface area contributed by atoms with Crippen molar-refractivity contribution in [3.8, 4) is 44.5 Å². The van der Waals surface area contributed by atoms with E-state index in [2.05, 4.69) is 97.1 Å². The van der Waals surface area contributed by atoms with Crippen molar-refractivity contribution in [1.29, 1.82) is 0 Å². The van der Waals surface area contributed by atoms with Gasteiger partial charge in [0.2, 0.25) is 0 Å². The first-order valence-corrected chi connectivity index (χ1v) is 23.6. The van der Waals surface area contributed by atoms with Gasteiger partial charge in [-0.15, -0.1) is 0 Å². The number of carboxylic acid groups (broad SMARTS) is 4. The minimum atomic E-state index is -0.958. The Kier molecular flexibility index (Phi) is 9.40. The minimum absolute atomic E-state index is 0.153. The van der Waals surface area contributed by atoms with Crippen LogP contribution in [0.25, 0.3) is 44.5 Å². The highest BCUT2D eigenvalue weighted by molar-refractivity contribution is 5.90. The quantitative estimate of drug-likeness (QED) is 0.0946. The van der Waals surface area contributed by atoms with Gasteiger partial charge in [-0.05, 0) is 153 Å². The molecule has 4 aliphatic carbocycles. The number of rotatable bonds is 12. The molecule has 0 heterocycles. The lowest BCUT2D eigenvalue weighted by atomic mass is 9.17. The molecule has 0 aromatic heterocycles. The Labute approximate surface area is 404 Å². The molecule has 342 valence electrons. The number of benzene rings is 8. The first kappa shape index (κ1) is 43.0. The standard InChI is InChI=1S/C62H46O8/c63-54(64)46-9-1-38(2-10-46)42-17-25-50(26-18-42)58-33-59(51-27-19-43(20-28-51)39-3-11-47(12-4-39)55(65)66)36-61(53-31-23-45(24-32-53)41-7-15-49(16-8-41)57(69)70)37-60(34-58,62(59,61)35-58)52-29-21-44(22-30-52)40-5-13-48(14-6-40)56(67)68/h1-32H,33-37H2,(H,63,64)(H,65,66)(H,67,68)(H,69,70). The van der Waals surface area contributed by atoms with Crippen molar-refractivity contribution < 1.29 is 39.6 Å². The second-order valence-electron chi connectivity index (χ2n) is 20.2. The predicted octanol–water partition coefficient (Wildman–Crippen LogP) is 13.2. The highest BCUT2D eigenvalue weighted by atomic mass is 16.4. The molecule has 8 heteroatoms. The summed E-state index contributed by atoms with van der Waals surface area (Å²) in [5.41, 5.74) is 13.1. The monoisotopic (exact) mass is 918 g/mol. The lowest BCUT2D eigenvalue weighted by molar-refractivity contribution is -0.248. The second-order valence-corrected chi connectivity index (χ2v) is 20.2. The zero-order chi connectivity index (χ0) is 48.2.